The highest BCUT2D eigenvalue weighted by Crippen LogP contribution is 2.11. The summed E-state index contributed by atoms with van der Waals surface area (Å²) in [4.78, 5) is 28.1. The maximum Gasteiger partial charge on any atom is 0.357 e. The van der Waals surface area contributed by atoms with Gasteiger partial charge < -0.3 is 9.47 Å². The van der Waals surface area contributed by atoms with Crippen LogP contribution < -0.4 is 0 Å². The minimum Gasteiger partial charge on any atom is -0.461 e. The molecule has 0 amide bonds. The predicted molar refractivity (Wildman–Crippen MR) is 94.6 cm³/mol. The molecule has 0 saturated heterocycles. The van der Waals surface area contributed by atoms with Gasteiger partial charge in [0.1, 0.15) is 18.0 Å². The molecule has 0 saturated carbocycles. The number of ether oxygens (including phenoxy) is 2. The van der Waals surface area contributed by atoms with E-state index in [1.807, 2.05) is 0 Å². The molecule has 0 atom stereocenters. The Balaban J connectivity index is 1.91. The monoisotopic (exact) mass is 361 g/mol. The number of pyridine rings is 1. The van der Waals surface area contributed by atoms with Gasteiger partial charge in [-0.2, -0.15) is 0 Å². The second kappa shape index (κ2) is 9.79. The van der Waals surface area contributed by atoms with Crippen molar-refractivity contribution >= 4 is 23.5 Å². The van der Waals surface area contributed by atoms with Crippen LogP contribution in [0.3, 0.4) is 0 Å². The van der Waals surface area contributed by atoms with E-state index in [2.05, 4.69) is 11.9 Å². The van der Waals surface area contributed by atoms with Crippen molar-refractivity contribution < 1.29 is 19.1 Å². The second-order valence-corrected chi connectivity index (χ2v) is 5.89. The first-order valence-corrected chi connectivity index (χ1v) is 8.53. The number of rotatable bonds is 8. The van der Waals surface area contributed by atoms with E-state index in [-0.39, 0.29) is 18.0 Å². The van der Waals surface area contributed by atoms with Crippen molar-refractivity contribution in [2.45, 2.75) is 32.8 Å². The molecule has 6 heteroatoms. The van der Waals surface area contributed by atoms with Crippen molar-refractivity contribution in [1.82, 2.24) is 4.98 Å². The van der Waals surface area contributed by atoms with Gasteiger partial charge in [-0.3, -0.25) is 0 Å². The SMILES string of the molecule is CCCCCOC(=O)c1cccc(C(=O)OCc2ccc(Cl)cc2)n1. The lowest BCUT2D eigenvalue weighted by Crippen LogP contribution is -2.13. The highest BCUT2D eigenvalue weighted by molar-refractivity contribution is 6.30. The van der Waals surface area contributed by atoms with E-state index in [1.165, 1.54) is 12.1 Å². The molecule has 2 aromatic rings. The van der Waals surface area contributed by atoms with Crippen LogP contribution in [-0.4, -0.2) is 23.5 Å². The summed E-state index contributed by atoms with van der Waals surface area (Å²) in [5.41, 5.74) is 0.971. The standard InChI is InChI=1S/C19H20ClNO4/c1-2-3-4-12-24-18(22)16-6-5-7-17(21-16)19(23)25-13-14-8-10-15(20)11-9-14/h5-11H,2-4,12-13H2,1H3. The van der Waals surface area contributed by atoms with Crippen LogP contribution in [0.15, 0.2) is 42.5 Å². The number of hydrogen-bond acceptors (Lipinski definition) is 5. The molecule has 25 heavy (non-hydrogen) atoms. The number of aromatic nitrogens is 1. The van der Waals surface area contributed by atoms with E-state index in [1.54, 1.807) is 30.3 Å². The van der Waals surface area contributed by atoms with E-state index in [9.17, 15) is 9.59 Å². The maximum atomic E-state index is 12.1. The Hall–Kier alpha value is -2.40. The number of esters is 2. The number of halogens is 1. The van der Waals surface area contributed by atoms with Crippen LogP contribution in [0.4, 0.5) is 0 Å². The molecule has 0 unspecified atom stereocenters. The molecule has 0 aliphatic carbocycles. The Morgan fingerprint density at radius 1 is 0.960 bits per heavy atom. The van der Waals surface area contributed by atoms with Crippen molar-refractivity contribution in [3.63, 3.8) is 0 Å². The molecule has 132 valence electrons. The van der Waals surface area contributed by atoms with Crippen LogP contribution in [0.2, 0.25) is 5.02 Å². The molecule has 0 fully saturated rings. The normalized spacial score (nSPS) is 10.3. The number of hydrogen-bond donors (Lipinski definition) is 0. The van der Waals surface area contributed by atoms with Crippen molar-refractivity contribution in [2.24, 2.45) is 0 Å². The number of carbonyl (C=O) groups is 2. The lowest BCUT2D eigenvalue weighted by Gasteiger charge is -2.07. The van der Waals surface area contributed by atoms with Gasteiger partial charge in [0.2, 0.25) is 0 Å². The predicted octanol–water partition coefficient (Wildman–Crippen LogP) is 4.44. The lowest BCUT2D eigenvalue weighted by atomic mass is 10.2. The third-order valence-electron chi connectivity index (χ3n) is 3.43. The van der Waals surface area contributed by atoms with Crippen LogP contribution in [0.1, 0.15) is 52.7 Å². The fraction of sp³-hybridized carbons (Fsp3) is 0.316. The molecule has 0 bridgehead atoms. The Labute approximate surface area is 151 Å². The van der Waals surface area contributed by atoms with Crippen LogP contribution in [0.5, 0.6) is 0 Å². The summed E-state index contributed by atoms with van der Waals surface area (Å²) in [6.45, 7) is 2.52. The zero-order valence-electron chi connectivity index (χ0n) is 14.0. The van der Waals surface area contributed by atoms with Gasteiger partial charge in [-0.1, -0.05) is 49.6 Å². The first-order chi connectivity index (χ1) is 12.1. The Kier molecular flexibility index (Phi) is 7.41. The van der Waals surface area contributed by atoms with Crippen LogP contribution in [0.25, 0.3) is 0 Å². The summed E-state index contributed by atoms with van der Waals surface area (Å²) >= 11 is 5.81. The summed E-state index contributed by atoms with van der Waals surface area (Å²) in [6, 6.07) is 11.6. The van der Waals surface area contributed by atoms with Gasteiger partial charge in [0.15, 0.2) is 0 Å². The number of unbranched alkanes of at least 4 members (excludes halogenated alkanes) is 2. The maximum absolute atomic E-state index is 12.1. The quantitative estimate of drug-likeness (QED) is 0.513. The molecule has 0 aliphatic rings. The van der Waals surface area contributed by atoms with Crippen molar-refractivity contribution in [3.8, 4) is 0 Å². The Morgan fingerprint density at radius 3 is 2.24 bits per heavy atom. The Morgan fingerprint density at radius 2 is 1.60 bits per heavy atom. The molecule has 5 nitrogen and oxygen atoms in total. The third kappa shape index (κ3) is 6.19. The van der Waals surface area contributed by atoms with Crippen molar-refractivity contribution in [1.29, 1.82) is 0 Å². The van der Waals surface area contributed by atoms with E-state index in [0.717, 1.165) is 24.8 Å². The highest BCUT2D eigenvalue weighted by atomic mass is 35.5. The summed E-state index contributed by atoms with van der Waals surface area (Å²) in [5, 5.41) is 0.613. The zero-order valence-corrected chi connectivity index (χ0v) is 14.8. The minimum absolute atomic E-state index is 0.0666. The molecule has 0 spiro atoms. The van der Waals surface area contributed by atoms with E-state index in [0.29, 0.717) is 11.6 Å². The largest absolute Gasteiger partial charge is 0.461 e. The van der Waals surface area contributed by atoms with E-state index < -0.39 is 11.9 Å². The molecule has 1 aromatic carbocycles. The number of carbonyl (C=O) groups excluding carboxylic acids is 2. The first kappa shape index (κ1) is 18.9. The first-order valence-electron chi connectivity index (χ1n) is 8.16. The zero-order chi connectivity index (χ0) is 18.1. The fourth-order valence-electron chi connectivity index (χ4n) is 2.06. The molecule has 0 N–H and O–H groups in total. The minimum atomic E-state index is -0.601. The average molecular weight is 362 g/mol. The molecule has 2 rings (SSSR count). The molecule has 0 aliphatic heterocycles. The molecular weight excluding hydrogens is 342 g/mol. The smallest absolute Gasteiger partial charge is 0.357 e. The fourth-order valence-corrected chi connectivity index (χ4v) is 2.18. The summed E-state index contributed by atoms with van der Waals surface area (Å²) < 4.78 is 10.3. The van der Waals surface area contributed by atoms with Crippen LogP contribution in [-0.2, 0) is 16.1 Å². The number of benzene rings is 1. The van der Waals surface area contributed by atoms with Gasteiger partial charge in [-0.05, 0) is 36.2 Å². The van der Waals surface area contributed by atoms with Gasteiger partial charge >= 0.3 is 11.9 Å². The third-order valence-corrected chi connectivity index (χ3v) is 3.68. The van der Waals surface area contributed by atoms with Crippen molar-refractivity contribution in [3.05, 3.63) is 64.4 Å². The van der Waals surface area contributed by atoms with Crippen LogP contribution in [0, 0.1) is 0 Å². The van der Waals surface area contributed by atoms with Crippen molar-refractivity contribution in [2.75, 3.05) is 6.61 Å². The van der Waals surface area contributed by atoms with Gasteiger partial charge in [0, 0.05) is 5.02 Å². The second-order valence-electron chi connectivity index (χ2n) is 5.45. The lowest BCUT2D eigenvalue weighted by molar-refractivity contribution is 0.0463. The van der Waals surface area contributed by atoms with Gasteiger partial charge in [-0.15, -0.1) is 0 Å². The molecule has 1 aromatic heterocycles. The molecular formula is C19H20ClNO4. The summed E-state index contributed by atoms with van der Waals surface area (Å²) in [7, 11) is 0. The number of nitrogens with zero attached hydrogens (tertiary/aromatic N) is 1. The van der Waals surface area contributed by atoms with Gasteiger partial charge in [0.25, 0.3) is 0 Å². The van der Waals surface area contributed by atoms with E-state index in [4.69, 9.17) is 21.1 Å². The topological polar surface area (TPSA) is 65.5 Å². The summed E-state index contributed by atoms with van der Waals surface area (Å²) in [5.74, 6) is -1.14. The molecule has 1 heterocycles. The highest BCUT2D eigenvalue weighted by Gasteiger charge is 2.14. The van der Waals surface area contributed by atoms with Gasteiger partial charge in [-0.25, -0.2) is 14.6 Å². The summed E-state index contributed by atoms with van der Waals surface area (Å²) in [6.07, 6.45) is 2.85. The van der Waals surface area contributed by atoms with Gasteiger partial charge in [0.05, 0.1) is 6.61 Å². The average Bonchev–Trinajstić information content (AvgIpc) is 2.64. The molecule has 0 radical (unpaired) electrons. The van der Waals surface area contributed by atoms with E-state index >= 15 is 0 Å². The Bertz CT molecular complexity index is 716. The van der Waals surface area contributed by atoms with Crippen LogP contribution >= 0.6 is 11.6 Å².